The van der Waals surface area contributed by atoms with Crippen molar-refractivity contribution in [3.8, 4) is 5.75 Å². The Balaban J connectivity index is 2.69. The largest absolute Gasteiger partial charge is 0.508 e. The number of likely N-dealkylation sites (N-methyl/N-ethyl adjacent to an activating group) is 1. The molecule has 0 radical (unpaired) electrons. The van der Waals surface area contributed by atoms with Crippen LogP contribution in [0.5, 0.6) is 5.75 Å². The summed E-state index contributed by atoms with van der Waals surface area (Å²) in [6.07, 6.45) is 0.730. The van der Waals surface area contributed by atoms with Gasteiger partial charge in [0.15, 0.2) is 0 Å². The number of hydrogen-bond acceptors (Lipinski definition) is 3. The second-order valence-corrected chi connectivity index (χ2v) is 3.93. The molecule has 17 heavy (non-hydrogen) atoms. The molecule has 0 unspecified atom stereocenters. The van der Waals surface area contributed by atoms with Crippen LogP contribution in [0.3, 0.4) is 0 Å². The molecule has 0 saturated carbocycles. The van der Waals surface area contributed by atoms with Crippen LogP contribution in [0, 0.1) is 0 Å². The Kier molecular flexibility index (Phi) is 4.97. The molecule has 4 nitrogen and oxygen atoms in total. The minimum atomic E-state index is -1.02. The minimum absolute atomic E-state index is 0.0667. The van der Waals surface area contributed by atoms with Crippen LogP contribution in [0.4, 0.5) is 0 Å². The first-order chi connectivity index (χ1) is 8.08. The molecule has 0 atom stereocenters. The lowest BCUT2D eigenvalue weighted by Crippen LogP contribution is -2.25. The summed E-state index contributed by atoms with van der Waals surface area (Å²) in [6.45, 7) is 7.01. The van der Waals surface area contributed by atoms with Gasteiger partial charge in [-0.15, -0.1) is 0 Å². The van der Waals surface area contributed by atoms with E-state index in [1.807, 2.05) is 0 Å². The number of phenols is 1. The van der Waals surface area contributed by atoms with E-state index in [4.69, 9.17) is 5.11 Å². The molecule has 94 valence electrons. The van der Waals surface area contributed by atoms with E-state index in [2.05, 4.69) is 18.7 Å². The van der Waals surface area contributed by atoms with Crippen molar-refractivity contribution in [1.82, 2.24) is 4.90 Å². The van der Waals surface area contributed by atoms with Gasteiger partial charge in [-0.05, 0) is 37.2 Å². The van der Waals surface area contributed by atoms with Gasteiger partial charge in [0, 0.05) is 6.54 Å². The molecule has 4 heteroatoms. The number of aromatic hydroxyl groups is 1. The molecule has 0 bridgehead atoms. The number of nitrogens with zero attached hydrogens (tertiary/aromatic N) is 1. The van der Waals surface area contributed by atoms with Crippen molar-refractivity contribution in [2.24, 2.45) is 0 Å². The predicted molar refractivity (Wildman–Crippen MR) is 66.6 cm³/mol. The van der Waals surface area contributed by atoms with Crippen molar-refractivity contribution in [3.63, 3.8) is 0 Å². The van der Waals surface area contributed by atoms with Gasteiger partial charge in [-0.2, -0.15) is 0 Å². The Bertz CT molecular complexity index is 386. The fourth-order valence-corrected chi connectivity index (χ4v) is 1.73. The molecular formula is C13H19NO3. The lowest BCUT2D eigenvalue weighted by Gasteiger charge is -2.18. The van der Waals surface area contributed by atoms with Crippen LogP contribution in [0.1, 0.15) is 29.8 Å². The van der Waals surface area contributed by atoms with E-state index in [1.54, 1.807) is 6.07 Å². The standard InChI is InChI=1S/C13H19NO3/c1-3-14(4-2)8-7-10-5-6-11(13(16)17)9-12(10)15/h5-6,9,15H,3-4,7-8H2,1-2H3,(H,16,17). The fraction of sp³-hybridized carbons (Fsp3) is 0.462. The second kappa shape index (κ2) is 6.25. The maximum Gasteiger partial charge on any atom is 0.335 e. The molecule has 1 aromatic carbocycles. The Morgan fingerprint density at radius 2 is 1.94 bits per heavy atom. The van der Waals surface area contributed by atoms with Gasteiger partial charge in [0.1, 0.15) is 5.75 Å². The highest BCUT2D eigenvalue weighted by atomic mass is 16.4. The Morgan fingerprint density at radius 3 is 2.41 bits per heavy atom. The van der Waals surface area contributed by atoms with Crippen molar-refractivity contribution >= 4 is 5.97 Å². The Labute approximate surface area is 101 Å². The molecule has 0 amide bonds. The lowest BCUT2D eigenvalue weighted by atomic mass is 10.1. The van der Waals surface area contributed by atoms with E-state index < -0.39 is 5.97 Å². The topological polar surface area (TPSA) is 60.8 Å². The summed E-state index contributed by atoms with van der Waals surface area (Å²) >= 11 is 0. The molecule has 0 heterocycles. The Morgan fingerprint density at radius 1 is 1.29 bits per heavy atom. The molecule has 0 aliphatic carbocycles. The zero-order valence-corrected chi connectivity index (χ0v) is 10.3. The highest BCUT2D eigenvalue weighted by Crippen LogP contribution is 2.19. The number of aromatic carboxylic acids is 1. The van der Waals surface area contributed by atoms with Crippen LogP contribution in [0.2, 0.25) is 0 Å². The van der Waals surface area contributed by atoms with Crippen LogP contribution in [0.15, 0.2) is 18.2 Å². The molecule has 0 spiro atoms. The van der Waals surface area contributed by atoms with Crippen LogP contribution < -0.4 is 0 Å². The van der Waals surface area contributed by atoms with E-state index in [-0.39, 0.29) is 11.3 Å². The van der Waals surface area contributed by atoms with Gasteiger partial charge in [-0.1, -0.05) is 19.9 Å². The number of carboxylic acids is 1. The molecule has 0 saturated heterocycles. The molecule has 0 fully saturated rings. The van der Waals surface area contributed by atoms with E-state index in [9.17, 15) is 9.90 Å². The number of phenolic OH excluding ortho intramolecular Hbond substituents is 1. The van der Waals surface area contributed by atoms with E-state index in [0.717, 1.165) is 31.6 Å². The second-order valence-electron chi connectivity index (χ2n) is 3.93. The van der Waals surface area contributed by atoms with Crippen molar-refractivity contribution in [1.29, 1.82) is 0 Å². The van der Waals surface area contributed by atoms with E-state index >= 15 is 0 Å². The average Bonchev–Trinajstić information content (AvgIpc) is 2.31. The molecular weight excluding hydrogens is 218 g/mol. The molecule has 1 aromatic rings. The first-order valence-electron chi connectivity index (χ1n) is 5.86. The summed E-state index contributed by atoms with van der Waals surface area (Å²) in [5.74, 6) is -0.951. The summed E-state index contributed by atoms with van der Waals surface area (Å²) in [5.41, 5.74) is 0.913. The highest BCUT2D eigenvalue weighted by Gasteiger charge is 2.08. The zero-order chi connectivity index (χ0) is 12.8. The summed E-state index contributed by atoms with van der Waals surface area (Å²) < 4.78 is 0. The SMILES string of the molecule is CCN(CC)CCc1ccc(C(=O)O)cc1O. The lowest BCUT2D eigenvalue weighted by molar-refractivity contribution is 0.0696. The van der Waals surface area contributed by atoms with Gasteiger partial charge in [-0.25, -0.2) is 4.79 Å². The molecule has 1 rings (SSSR count). The summed E-state index contributed by atoms with van der Waals surface area (Å²) in [6, 6.07) is 4.52. The number of carboxylic acid groups (broad SMARTS) is 1. The monoisotopic (exact) mass is 237 g/mol. The normalized spacial score (nSPS) is 10.8. The Hall–Kier alpha value is -1.55. The highest BCUT2D eigenvalue weighted by molar-refractivity contribution is 5.88. The third kappa shape index (κ3) is 3.75. The van der Waals surface area contributed by atoms with E-state index in [0.29, 0.717) is 0 Å². The smallest absolute Gasteiger partial charge is 0.335 e. The number of rotatable bonds is 6. The van der Waals surface area contributed by atoms with Crippen LogP contribution in [-0.2, 0) is 6.42 Å². The third-order valence-electron chi connectivity index (χ3n) is 2.92. The van der Waals surface area contributed by atoms with E-state index in [1.165, 1.54) is 12.1 Å². The molecule has 0 aliphatic heterocycles. The van der Waals surface area contributed by atoms with Gasteiger partial charge in [0.25, 0.3) is 0 Å². The first kappa shape index (κ1) is 13.5. The van der Waals surface area contributed by atoms with Gasteiger partial charge in [0.05, 0.1) is 5.56 Å². The van der Waals surface area contributed by atoms with Gasteiger partial charge in [0.2, 0.25) is 0 Å². The molecule has 0 aliphatic rings. The molecule has 0 aromatic heterocycles. The van der Waals surface area contributed by atoms with Gasteiger partial charge < -0.3 is 15.1 Å². The average molecular weight is 237 g/mol. The summed E-state index contributed by atoms with van der Waals surface area (Å²) in [7, 11) is 0. The maximum absolute atomic E-state index is 10.7. The van der Waals surface area contributed by atoms with Crippen molar-refractivity contribution in [2.45, 2.75) is 20.3 Å². The summed E-state index contributed by atoms with van der Waals surface area (Å²) in [5, 5.41) is 18.5. The fourth-order valence-electron chi connectivity index (χ4n) is 1.73. The maximum atomic E-state index is 10.7. The van der Waals surface area contributed by atoms with Crippen molar-refractivity contribution < 1.29 is 15.0 Å². The van der Waals surface area contributed by atoms with Crippen molar-refractivity contribution in [3.05, 3.63) is 29.3 Å². The number of benzene rings is 1. The quantitative estimate of drug-likeness (QED) is 0.794. The number of carbonyl (C=O) groups is 1. The third-order valence-corrected chi connectivity index (χ3v) is 2.92. The van der Waals surface area contributed by atoms with Crippen LogP contribution >= 0.6 is 0 Å². The van der Waals surface area contributed by atoms with Crippen LogP contribution in [-0.4, -0.2) is 40.7 Å². The first-order valence-corrected chi connectivity index (χ1v) is 5.86. The van der Waals surface area contributed by atoms with Gasteiger partial charge >= 0.3 is 5.97 Å². The van der Waals surface area contributed by atoms with Crippen molar-refractivity contribution in [2.75, 3.05) is 19.6 Å². The minimum Gasteiger partial charge on any atom is -0.508 e. The molecule has 2 N–H and O–H groups in total. The predicted octanol–water partition coefficient (Wildman–Crippen LogP) is 1.97. The zero-order valence-electron chi connectivity index (χ0n) is 10.3. The van der Waals surface area contributed by atoms with Crippen LogP contribution in [0.25, 0.3) is 0 Å². The number of hydrogen-bond donors (Lipinski definition) is 2. The van der Waals surface area contributed by atoms with Gasteiger partial charge in [-0.3, -0.25) is 0 Å². The summed E-state index contributed by atoms with van der Waals surface area (Å²) in [4.78, 5) is 13.0.